The largest absolute Gasteiger partial charge is 0.399 e. The zero-order valence-corrected chi connectivity index (χ0v) is 12.2. The van der Waals surface area contributed by atoms with Gasteiger partial charge >= 0.3 is 0 Å². The summed E-state index contributed by atoms with van der Waals surface area (Å²) < 4.78 is 1.43. The van der Waals surface area contributed by atoms with Crippen LogP contribution in [-0.2, 0) is 7.05 Å². The van der Waals surface area contributed by atoms with Crippen molar-refractivity contribution in [3.8, 4) is 0 Å². The second-order valence-electron chi connectivity index (χ2n) is 4.91. The standard InChI is InChI=1S/C16H19N3O2/c1-3-9-19(14-6-4-13(17)5-7-14)16(21)12-8-10-18(2)15(20)11-12/h4-8,10-11H,3,9,17H2,1-2H3. The van der Waals surface area contributed by atoms with E-state index < -0.39 is 0 Å². The number of hydrogen-bond donors (Lipinski definition) is 1. The number of hydrogen-bond acceptors (Lipinski definition) is 3. The third kappa shape index (κ3) is 3.31. The molecule has 1 heterocycles. The van der Waals surface area contributed by atoms with E-state index in [1.165, 1.54) is 10.6 Å². The Balaban J connectivity index is 2.37. The number of aromatic nitrogens is 1. The number of anilines is 2. The van der Waals surface area contributed by atoms with Crippen LogP contribution < -0.4 is 16.2 Å². The van der Waals surface area contributed by atoms with Crippen LogP contribution in [0.3, 0.4) is 0 Å². The van der Waals surface area contributed by atoms with Crippen molar-refractivity contribution in [3.63, 3.8) is 0 Å². The molecule has 2 rings (SSSR count). The Labute approximate surface area is 123 Å². The maximum atomic E-state index is 12.6. The summed E-state index contributed by atoms with van der Waals surface area (Å²) in [6.07, 6.45) is 2.42. The number of nitrogens with two attached hydrogens (primary N) is 1. The van der Waals surface area contributed by atoms with Gasteiger partial charge in [-0.05, 0) is 36.8 Å². The van der Waals surface area contributed by atoms with Crippen molar-refractivity contribution >= 4 is 17.3 Å². The second-order valence-corrected chi connectivity index (χ2v) is 4.91. The SMILES string of the molecule is CCCN(C(=O)c1ccn(C)c(=O)c1)c1ccc(N)cc1. The van der Waals surface area contributed by atoms with E-state index in [9.17, 15) is 9.59 Å². The first-order valence-electron chi connectivity index (χ1n) is 6.87. The number of amides is 1. The lowest BCUT2D eigenvalue weighted by Crippen LogP contribution is -2.32. The summed E-state index contributed by atoms with van der Waals surface area (Å²) in [5.41, 5.74) is 7.29. The van der Waals surface area contributed by atoms with Crippen molar-refractivity contribution in [2.75, 3.05) is 17.2 Å². The van der Waals surface area contributed by atoms with E-state index in [2.05, 4.69) is 0 Å². The predicted molar refractivity (Wildman–Crippen MR) is 84.5 cm³/mol. The number of pyridine rings is 1. The number of aryl methyl sites for hydroxylation is 1. The van der Waals surface area contributed by atoms with Crippen LogP contribution in [0.15, 0.2) is 47.4 Å². The predicted octanol–water partition coefficient (Wildman–Crippen LogP) is 2.02. The van der Waals surface area contributed by atoms with Gasteiger partial charge in [-0.2, -0.15) is 0 Å². The lowest BCUT2D eigenvalue weighted by Gasteiger charge is -2.22. The van der Waals surface area contributed by atoms with Crippen molar-refractivity contribution in [3.05, 3.63) is 58.5 Å². The quantitative estimate of drug-likeness (QED) is 0.874. The third-order valence-corrected chi connectivity index (χ3v) is 3.25. The van der Waals surface area contributed by atoms with Crippen LogP contribution in [0.2, 0.25) is 0 Å². The minimum atomic E-state index is -0.199. The van der Waals surface area contributed by atoms with Gasteiger partial charge in [0.25, 0.3) is 11.5 Å². The molecule has 2 N–H and O–H groups in total. The Bertz CT molecular complexity index is 689. The number of nitrogens with zero attached hydrogens (tertiary/aromatic N) is 2. The van der Waals surface area contributed by atoms with Crippen molar-refractivity contribution in [1.82, 2.24) is 4.57 Å². The molecule has 0 bridgehead atoms. The van der Waals surface area contributed by atoms with Crippen molar-refractivity contribution in [1.29, 1.82) is 0 Å². The van der Waals surface area contributed by atoms with Gasteiger partial charge in [-0.1, -0.05) is 6.92 Å². The van der Waals surface area contributed by atoms with E-state index >= 15 is 0 Å². The fraction of sp³-hybridized carbons (Fsp3) is 0.250. The van der Waals surface area contributed by atoms with Crippen LogP contribution in [0.1, 0.15) is 23.7 Å². The minimum absolute atomic E-state index is 0.181. The maximum Gasteiger partial charge on any atom is 0.258 e. The lowest BCUT2D eigenvalue weighted by molar-refractivity contribution is 0.0986. The van der Waals surface area contributed by atoms with E-state index in [0.29, 0.717) is 17.8 Å². The first kappa shape index (κ1) is 14.8. The summed E-state index contributed by atoms with van der Waals surface area (Å²) in [5.74, 6) is -0.181. The molecule has 5 nitrogen and oxygen atoms in total. The Kier molecular flexibility index (Phi) is 4.42. The molecule has 0 fully saturated rings. The fourth-order valence-electron chi connectivity index (χ4n) is 2.06. The highest BCUT2D eigenvalue weighted by molar-refractivity contribution is 6.06. The van der Waals surface area contributed by atoms with Crippen LogP contribution in [0.4, 0.5) is 11.4 Å². The van der Waals surface area contributed by atoms with E-state index in [1.54, 1.807) is 36.3 Å². The molecule has 0 atom stereocenters. The minimum Gasteiger partial charge on any atom is -0.399 e. The Morgan fingerprint density at radius 3 is 2.48 bits per heavy atom. The van der Waals surface area contributed by atoms with Crippen LogP contribution >= 0.6 is 0 Å². The molecule has 0 radical (unpaired) electrons. The highest BCUT2D eigenvalue weighted by Crippen LogP contribution is 2.19. The molecule has 2 aromatic rings. The van der Waals surface area contributed by atoms with Gasteiger partial charge in [0.1, 0.15) is 0 Å². The molecule has 1 aromatic carbocycles. The van der Waals surface area contributed by atoms with Crippen LogP contribution in [0.25, 0.3) is 0 Å². The zero-order chi connectivity index (χ0) is 15.4. The molecule has 21 heavy (non-hydrogen) atoms. The highest BCUT2D eigenvalue weighted by Gasteiger charge is 2.17. The highest BCUT2D eigenvalue weighted by atomic mass is 16.2. The van der Waals surface area contributed by atoms with E-state index in [0.717, 1.165) is 12.1 Å². The normalized spacial score (nSPS) is 10.4. The Morgan fingerprint density at radius 2 is 1.90 bits per heavy atom. The van der Waals surface area contributed by atoms with Gasteiger partial charge in [0.15, 0.2) is 0 Å². The molecule has 0 aliphatic carbocycles. The van der Waals surface area contributed by atoms with Crippen LogP contribution in [0.5, 0.6) is 0 Å². The fourth-order valence-corrected chi connectivity index (χ4v) is 2.06. The van der Waals surface area contributed by atoms with Gasteiger partial charge in [0, 0.05) is 42.8 Å². The molecule has 1 aromatic heterocycles. The van der Waals surface area contributed by atoms with Crippen molar-refractivity contribution in [2.24, 2.45) is 7.05 Å². The summed E-state index contributed by atoms with van der Waals surface area (Å²) in [5, 5.41) is 0. The number of nitrogen functional groups attached to an aromatic ring is 1. The van der Waals surface area contributed by atoms with Gasteiger partial charge in [-0.15, -0.1) is 0 Å². The summed E-state index contributed by atoms with van der Waals surface area (Å²) in [7, 11) is 1.65. The molecule has 0 aliphatic rings. The van der Waals surface area contributed by atoms with Gasteiger partial charge in [-0.3, -0.25) is 9.59 Å². The van der Waals surface area contributed by atoms with Gasteiger partial charge in [0.05, 0.1) is 0 Å². The maximum absolute atomic E-state index is 12.6. The number of carbonyl (C=O) groups excluding carboxylic acids is 1. The number of rotatable bonds is 4. The molecular formula is C16H19N3O2. The third-order valence-electron chi connectivity index (χ3n) is 3.25. The van der Waals surface area contributed by atoms with Gasteiger partial charge in [0.2, 0.25) is 0 Å². The Morgan fingerprint density at radius 1 is 1.24 bits per heavy atom. The molecular weight excluding hydrogens is 266 g/mol. The van der Waals surface area contributed by atoms with Crippen LogP contribution in [-0.4, -0.2) is 17.0 Å². The van der Waals surface area contributed by atoms with Crippen molar-refractivity contribution in [2.45, 2.75) is 13.3 Å². The van der Waals surface area contributed by atoms with Crippen molar-refractivity contribution < 1.29 is 4.79 Å². The second kappa shape index (κ2) is 6.26. The first-order valence-corrected chi connectivity index (χ1v) is 6.87. The first-order chi connectivity index (χ1) is 10.0. The summed E-state index contributed by atoms with van der Waals surface area (Å²) in [6.45, 7) is 2.58. The average molecular weight is 285 g/mol. The summed E-state index contributed by atoms with van der Waals surface area (Å²) in [6, 6.07) is 10.2. The average Bonchev–Trinajstić information content (AvgIpc) is 2.48. The number of benzene rings is 1. The molecule has 0 unspecified atom stereocenters. The van der Waals surface area contributed by atoms with E-state index in [4.69, 9.17) is 5.73 Å². The van der Waals surface area contributed by atoms with Crippen LogP contribution in [0, 0.1) is 0 Å². The van der Waals surface area contributed by atoms with E-state index in [-0.39, 0.29) is 11.5 Å². The monoisotopic (exact) mass is 285 g/mol. The molecule has 0 saturated heterocycles. The molecule has 0 spiro atoms. The Hall–Kier alpha value is -2.56. The molecule has 1 amide bonds. The number of carbonyl (C=O) groups is 1. The lowest BCUT2D eigenvalue weighted by atomic mass is 10.2. The molecule has 110 valence electrons. The van der Waals surface area contributed by atoms with Gasteiger partial charge in [-0.25, -0.2) is 0 Å². The van der Waals surface area contributed by atoms with E-state index in [1.807, 2.05) is 19.1 Å². The summed E-state index contributed by atoms with van der Waals surface area (Å²) >= 11 is 0. The summed E-state index contributed by atoms with van der Waals surface area (Å²) in [4.78, 5) is 26.0. The molecule has 5 heteroatoms. The molecule has 0 saturated carbocycles. The van der Waals surface area contributed by atoms with Gasteiger partial charge < -0.3 is 15.2 Å². The molecule has 0 aliphatic heterocycles. The smallest absolute Gasteiger partial charge is 0.258 e. The zero-order valence-electron chi connectivity index (χ0n) is 12.2. The topological polar surface area (TPSA) is 68.3 Å².